The van der Waals surface area contributed by atoms with Crippen LogP contribution in [0.1, 0.15) is 32.1 Å². The fraction of sp³-hybridized carbons (Fsp3) is 0.529. The van der Waals surface area contributed by atoms with Gasteiger partial charge in [0.15, 0.2) is 6.61 Å². The van der Waals surface area contributed by atoms with Gasteiger partial charge in [-0.25, -0.2) is 4.39 Å². The normalized spacial score (nSPS) is 25.4. The van der Waals surface area contributed by atoms with Gasteiger partial charge in [0, 0.05) is 12.1 Å². The summed E-state index contributed by atoms with van der Waals surface area (Å²) < 4.78 is 18.1. The number of amides is 1. The Morgan fingerprint density at radius 1 is 1.30 bits per heavy atom. The van der Waals surface area contributed by atoms with Crippen LogP contribution in [0, 0.1) is 23.6 Å². The molecule has 1 N–H and O–H groups in total. The summed E-state index contributed by atoms with van der Waals surface area (Å²) in [6.45, 7) is -0.339. The van der Waals surface area contributed by atoms with Gasteiger partial charge in [0.25, 0.3) is 5.91 Å². The Bertz CT molecular complexity index is 622. The maximum Gasteiger partial charge on any atom is 0.306 e. The second kappa shape index (κ2) is 6.87. The molecule has 0 aromatic heterocycles. The van der Waals surface area contributed by atoms with E-state index in [0.717, 1.165) is 12.3 Å². The van der Waals surface area contributed by atoms with Crippen LogP contribution in [-0.4, -0.2) is 18.5 Å². The van der Waals surface area contributed by atoms with E-state index in [1.165, 1.54) is 37.5 Å². The van der Waals surface area contributed by atoms with Crippen LogP contribution in [0.15, 0.2) is 18.2 Å². The Morgan fingerprint density at radius 2 is 2.13 bits per heavy atom. The first-order chi connectivity index (χ1) is 11.0. The SMILES string of the molecule is O=C(COC(=O)C[C@@H]1C[C@@H]2CC[C@@H]1C2)Nc1ccc(F)c(Cl)c1. The summed E-state index contributed by atoms with van der Waals surface area (Å²) in [5.41, 5.74) is 0.366. The van der Waals surface area contributed by atoms with Crippen LogP contribution in [-0.2, 0) is 14.3 Å². The maximum atomic E-state index is 13.0. The molecule has 0 radical (unpaired) electrons. The predicted octanol–water partition coefficient (Wildman–Crippen LogP) is 3.79. The quantitative estimate of drug-likeness (QED) is 0.830. The second-order valence-electron chi connectivity index (χ2n) is 6.48. The minimum atomic E-state index is -0.554. The average Bonchev–Trinajstić information content (AvgIpc) is 3.12. The Kier molecular flexibility index (Phi) is 4.85. The van der Waals surface area contributed by atoms with Crippen LogP contribution in [0.25, 0.3) is 0 Å². The van der Waals surface area contributed by atoms with Gasteiger partial charge in [-0.3, -0.25) is 9.59 Å². The average molecular weight is 340 g/mol. The molecule has 23 heavy (non-hydrogen) atoms. The summed E-state index contributed by atoms with van der Waals surface area (Å²) in [5, 5.41) is 2.45. The zero-order chi connectivity index (χ0) is 16.4. The first-order valence-corrected chi connectivity index (χ1v) is 8.29. The number of anilines is 1. The van der Waals surface area contributed by atoms with Gasteiger partial charge in [-0.2, -0.15) is 0 Å². The summed E-state index contributed by atoms with van der Waals surface area (Å²) in [5.74, 6) is 0.512. The van der Waals surface area contributed by atoms with Gasteiger partial charge in [0.1, 0.15) is 5.82 Å². The van der Waals surface area contributed by atoms with Crippen LogP contribution in [0.3, 0.4) is 0 Å². The second-order valence-corrected chi connectivity index (χ2v) is 6.88. The number of carbonyl (C=O) groups is 2. The lowest BCUT2D eigenvalue weighted by atomic mass is 9.86. The third-order valence-corrected chi connectivity index (χ3v) is 5.17. The van der Waals surface area contributed by atoms with Gasteiger partial charge in [-0.1, -0.05) is 18.0 Å². The van der Waals surface area contributed by atoms with Crippen molar-refractivity contribution in [3.8, 4) is 0 Å². The molecule has 3 rings (SSSR count). The summed E-state index contributed by atoms with van der Waals surface area (Å²) in [4.78, 5) is 23.6. The number of benzene rings is 1. The first-order valence-electron chi connectivity index (χ1n) is 7.92. The van der Waals surface area contributed by atoms with Crippen LogP contribution in [0.4, 0.5) is 10.1 Å². The highest BCUT2D eigenvalue weighted by Crippen LogP contribution is 2.49. The third-order valence-electron chi connectivity index (χ3n) is 4.88. The van der Waals surface area contributed by atoms with E-state index in [4.69, 9.17) is 16.3 Å². The molecule has 2 fully saturated rings. The fourth-order valence-electron chi connectivity index (χ4n) is 3.82. The Morgan fingerprint density at radius 3 is 2.78 bits per heavy atom. The van der Waals surface area contributed by atoms with Gasteiger partial charge < -0.3 is 10.1 Å². The van der Waals surface area contributed by atoms with Crippen molar-refractivity contribution in [2.24, 2.45) is 17.8 Å². The van der Waals surface area contributed by atoms with Gasteiger partial charge in [-0.05, 0) is 55.2 Å². The number of esters is 1. The highest BCUT2D eigenvalue weighted by atomic mass is 35.5. The van der Waals surface area contributed by atoms with Crippen LogP contribution < -0.4 is 5.32 Å². The van der Waals surface area contributed by atoms with Crippen LogP contribution >= 0.6 is 11.6 Å². The van der Waals surface area contributed by atoms with Crippen molar-refractivity contribution in [1.82, 2.24) is 0 Å². The van der Waals surface area contributed by atoms with Gasteiger partial charge in [-0.15, -0.1) is 0 Å². The number of halogens is 2. The molecule has 3 atom stereocenters. The molecule has 124 valence electrons. The number of ether oxygens (including phenoxy) is 1. The number of hydrogen-bond acceptors (Lipinski definition) is 3. The molecule has 0 saturated heterocycles. The summed E-state index contributed by atoms with van der Waals surface area (Å²) in [7, 11) is 0. The molecule has 2 saturated carbocycles. The van der Waals surface area contributed by atoms with Crippen LogP contribution in [0.5, 0.6) is 0 Å². The lowest BCUT2D eigenvalue weighted by Gasteiger charge is -2.20. The molecule has 2 bridgehead atoms. The minimum Gasteiger partial charge on any atom is -0.456 e. The molecule has 0 unspecified atom stereocenters. The number of rotatable bonds is 5. The van der Waals surface area contributed by atoms with Crippen molar-refractivity contribution in [1.29, 1.82) is 0 Å². The molecule has 1 aromatic carbocycles. The molecule has 6 heteroatoms. The van der Waals surface area contributed by atoms with Crippen molar-refractivity contribution < 1.29 is 18.7 Å². The van der Waals surface area contributed by atoms with E-state index in [2.05, 4.69) is 5.32 Å². The zero-order valence-corrected chi connectivity index (χ0v) is 13.4. The highest BCUT2D eigenvalue weighted by Gasteiger charge is 2.40. The van der Waals surface area contributed by atoms with Crippen LogP contribution in [0.2, 0.25) is 5.02 Å². The number of carbonyl (C=O) groups excluding carboxylic acids is 2. The van der Waals surface area contributed by atoms with E-state index in [0.29, 0.717) is 23.9 Å². The summed E-state index contributed by atoms with van der Waals surface area (Å²) in [6.07, 6.45) is 5.26. The van der Waals surface area contributed by atoms with Gasteiger partial charge in [0.05, 0.1) is 5.02 Å². The molecule has 0 spiro atoms. The standard InChI is InChI=1S/C17H19ClFNO3/c18-14-8-13(3-4-15(14)19)20-16(21)9-23-17(22)7-12-6-10-1-2-11(12)5-10/h3-4,8,10-12H,1-2,5-7,9H2,(H,20,21)/t10-,11-,12+/m1/s1. The van der Waals surface area contributed by atoms with Crippen molar-refractivity contribution >= 4 is 29.2 Å². The number of hydrogen-bond donors (Lipinski definition) is 1. The number of fused-ring (bicyclic) bond motifs is 2. The predicted molar refractivity (Wildman–Crippen MR) is 84.6 cm³/mol. The van der Waals surface area contributed by atoms with Gasteiger partial charge >= 0.3 is 5.97 Å². The molecule has 4 nitrogen and oxygen atoms in total. The van der Waals surface area contributed by atoms with Crippen molar-refractivity contribution in [3.63, 3.8) is 0 Å². The van der Waals surface area contributed by atoms with E-state index in [1.807, 2.05) is 0 Å². The largest absolute Gasteiger partial charge is 0.456 e. The molecule has 1 amide bonds. The van der Waals surface area contributed by atoms with E-state index < -0.39 is 11.7 Å². The van der Waals surface area contributed by atoms with E-state index in [9.17, 15) is 14.0 Å². The topological polar surface area (TPSA) is 55.4 Å². The Balaban J connectivity index is 1.41. The molecule has 0 aliphatic heterocycles. The molecular weight excluding hydrogens is 321 g/mol. The summed E-state index contributed by atoms with van der Waals surface area (Å²) in [6, 6.07) is 3.88. The monoisotopic (exact) mass is 339 g/mol. The van der Waals surface area contributed by atoms with Crippen molar-refractivity contribution in [2.45, 2.75) is 32.1 Å². The van der Waals surface area contributed by atoms with E-state index >= 15 is 0 Å². The summed E-state index contributed by atoms with van der Waals surface area (Å²) >= 11 is 5.64. The van der Waals surface area contributed by atoms with Crippen molar-refractivity contribution in [3.05, 3.63) is 29.0 Å². The maximum absolute atomic E-state index is 13.0. The van der Waals surface area contributed by atoms with E-state index in [-0.39, 0.29) is 17.6 Å². The molecule has 1 aromatic rings. The Hall–Kier alpha value is -1.62. The molecular formula is C17H19ClFNO3. The molecule has 2 aliphatic rings. The number of nitrogens with one attached hydrogen (secondary N) is 1. The smallest absolute Gasteiger partial charge is 0.306 e. The lowest BCUT2D eigenvalue weighted by molar-refractivity contribution is -0.148. The zero-order valence-electron chi connectivity index (χ0n) is 12.7. The molecule has 2 aliphatic carbocycles. The molecule has 0 heterocycles. The Labute approximate surface area is 139 Å². The highest BCUT2D eigenvalue weighted by molar-refractivity contribution is 6.31. The lowest BCUT2D eigenvalue weighted by Crippen LogP contribution is -2.23. The van der Waals surface area contributed by atoms with Crippen molar-refractivity contribution in [2.75, 3.05) is 11.9 Å². The first kappa shape index (κ1) is 16.2. The fourth-order valence-corrected chi connectivity index (χ4v) is 4.00. The minimum absolute atomic E-state index is 0.0731. The third kappa shape index (κ3) is 4.02. The van der Waals surface area contributed by atoms with E-state index in [1.54, 1.807) is 0 Å². The van der Waals surface area contributed by atoms with Gasteiger partial charge in [0.2, 0.25) is 0 Å².